The third-order valence-electron chi connectivity index (χ3n) is 4.97. The summed E-state index contributed by atoms with van der Waals surface area (Å²) in [4.78, 5) is 28.8. The number of hydrogen-bond donors (Lipinski definition) is 1. The van der Waals surface area contributed by atoms with E-state index in [2.05, 4.69) is 5.32 Å². The summed E-state index contributed by atoms with van der Waals surface area (Å²) in [6, 6.07) is 6.46. The first kappa shape index (κ1) is 20.8. The molecule has 0 spiro atoms. The van der Waals surface area contributed by atoms with E-state index in [1.54, 1.807) is 0 Å². The van der Waals surface area contributed by atoms with Crippen LogP contribution in [0.25, 0.3) is 0 Å². The first-order valence-electron chi connectivity index (χ1n) is 9.79. The molecule has 1 aliphatic rings. The van der Waals surface area contributed by atoms with E-state index in [-0.39, 0.29) is 24.2 Å². The van der Waals surface area contributed by atoms with Gasteiger partial charge in [0.15, 0.2) is 0 Å². The van der Waals surface area contributed by atoms with Crippen molar-refractivity contribution in [3.05, 3.63) is 53.9 Å². The Labute approximate surface area is 169 Å². The van der Waals surface area contributed by atoms with E-state index >= 15 is 0 Å². The number of carbonyl (C=O) groups is 2. The van der Waals surface area contributed by atoms with Crippen LogP contribution >= 0.6 is 0 Å². The minimum Gasteiger partial charge on any atom is -0.353 e. The first-order chi connectivity index (χ1) is 13.9. The van der Waals surface area contributed by atoms with Crippen molar-refractivity contribution in [2.75, 3.05) is 18.4 Å². The molecule has 1 aromatic heterocycles. The number of aryl methyl sites for hydroxylation is 1. The second kappa shape index (κ2) is 9.07. The standard InChI is InChI=1S/C21H26F2N4O2/c1-3-10-26(21(29)24-19-9-6-15(22)12-18(19)23)14-20(28)27(16-7-8-16)13-17-5-4-11-25(17)2/h4-6,9,11-12,16H,3,7-8,10,13-14H2,1-2H3,(H,24,29). The maximum Gasteiger partial charge on any atom is 0.322 e. The molecule has 3 amide bonds. The van der Waals surface area contributed by atoms with Crippen LogP contribution in [-0.4, -0.2) is 45.4 Å². The zero-order valence-corrected chi connectivity index (χ0v) is 16.7. The van der Waals surface area contributed by atoms with E-state index in [0.717, 1.165) is 24.6 Å². The number of nitrogens with one attached hydrogen (secondary N) is 1. The predicted molar refractivity (Wildman–Crippen MR) is 106 cm³/mol. The van der Waals surface area contributed by atoms with Crippen LogP contribution in [0.5, 0.6) is 0 Å². The summed E-state index contributed by atoms with van der Waals surface area (Å²) >= 11 is 0. The molecule has 0 aliphatic heterocycles. The SMILES string of the molecule is CCCN(CC(=O)N(Cc1cccn1C)C1CC1)C(=O)Nc1ccc(F)cc1F. The molecule has 0 atom stereocenters. The zero-order valence-electron chi connectivity index (χ0n) is 16.7. The van der Waals surface area contributed by atoms with E-state index in [1.165, 1.54) is 11.0 Å². The van der Waals surface area contributed by atoms with Gasteiger partial charge in [0, 0.05) is 37.6 Å². The highest BCUT2D eigenvalue weighted by Crippen LogP contribution is 2.28. The summed E-state index contributed by atoms with van der Waals surface area (Å²) in [6.45, 7) is 2.64. The topological polar surface area (TPSA) is 57.6 Å². The fraction of sp³-hybridized carbons (Fsp3) is 0.429. The van der Waals surface area contributed by atoms with Gasteiger partial charge in [-0.1, -0.05) is 6.92 Å². The largest absolute Gasteiger partial charge is 0.353 e. The third-order valence-corrected chi connectivity index (χ3v) is 4.97. The number of rotatable bonds is 8. The van der Waals surface area contributed by atoms with Crippen LogP contribution < -0.4 is 5.32 Å². The summed E-state index contributed by atoms with van der Waals surface area (Å²) in [5, 5.41) is 2.44. The molecule has 1 aliphatic carbocycles. The molecule has 1 fully saturated rings. The van der Waals surface area contributed by atoms with Gasteiger partial charge in [-0.25, -0.2) is 13.6 Å². The Balaban J connectivity index is 1.68. The Bertz CT molecular complexity index is 879. The lowest BCUT2D eigenvalue weighted by atomic mass is 10.3. The van der Waals surface area contributed by atoms with E-state index < -0.39 is 17.7 Å². The maximum atomic E-state index is 13.9. The molecule has 0 saturated heterocycles. The molecule has 3 rings (SSSR count). The van der Waals surface area contributed by atoms with Crippen molar-refractivity contribution in [1.82, 2.24) is 14.4 Å². The number of halogens is 2. The molecule has 1 aromatic carbocycles. The summed E-state index contributed by atoms with van der Waals surface area (Å²) < 4.78 is 28.9. The molecule has 0 radical (unpaired) electrons. The number of amides is 3. The highest BCUT2D eigenvalue weighted by Gasteiger charge is 2.34. The van der Waals surface area contributed by atoms with Gasteiger partial charge in [-0.05, 0) is 43.5 Å². The molecule has 8 heteroatoms. The first-order valence-corrected chi connectivity index (χ1v) is 9.79. The average Bonchev–Trinajstić information content (AvgIpc) is 3.43. The number of aromatic nitrogens is 1. The van der Waals surface area contributed by atoms with Gasteiger partial charge in [0.25, 0.3) is 0 Å². The smallest absolute Gasteiger partial charge is 0.322 e. The van der Waals surface area contributed by atoms with Crippen LogP contribution in [0, 0.1) is 11.6 Å². The van der Waals surface area contributed by atoms with Crippen molar-refractivity contribution in [1.29, 1.82) is 0 Å². The van der Waals surface area contributed by atoms with Crippen molar-refractivity contribution < 1.29 is 18.4 Å². The van der Waals surface area contributed by atoms with Gasteiger partial charge in [-0.2, -0.15) is 0 Å². The van der Waals surface area contributed by atoms with Gasteiger partial charge in [0.2, 0.25) is 5.91 Å². The van der Waals surface area contributed by atoms with Gasteiger partial charge in [0.1, 0.15) is 18.2 Å². The lowest BCUT2D eigenvalue weighted by Crippen LogP contribution is -2.45. The van der Waals surface area contributed by atoms with Crippen molar-refractivity contribution in [2.45, 2.75) is 38.8 Å². The number of carbonyl (C=O) groups excluding carboxylic acids is 2. The quantitative estimate of drug-likeness (QED) is 0.729. The van der Waals surface area contributed by atoms with Crippen LogP contribution in [0.2, 0.25) is 0 Å². The number of hydrogen-bond acceptors (Lipinski definition) is 2. The van der Waals surface area contributed by atoms with Gasteiger partial charge >= 0.3 is 6.03 Å². The Kier molecular flexibility index (Phi) is 6.51. The number of anilines is 1. The van der Waals surface area contributed by atoms with Crippen molar-refractivity contribution in [3.63, 3.8) is 0 Å². The fourth-order valence-electron chi connectivity index (χ4n) is 3.20. The van der Waals surface area contributed by atoms with Gasteiger partial charge in [0.05, 0.1) is 12.2 Å². The fourth-order valence-corrected chi connectivity index (χ4v) is 3.20. The lowest BCUT2D eigenvalue weighted by molar-refractivity contribution is -0.133. The zero-order chi connectivity index (χ0) is 21.0. The number of nitrogens with zero attached hydrogens (tertiary/aromatic N) is 3. The number of urea groups is 1. The molecule has 29 heavy (non-hydrogen) atoms. The predicted octanol–water partition coefficient (Wildman–Crippen LogP) is 3.74. The second-order valence-electron chi connectivity index (χ2n) is 7.34. The highest BCUT2D eigenvalue weighted by molar-refractivity contribution is 5.92. The highest BCUT2D eigenvalue weighted by atomic mass is 19.1. The molecule has 1 saturated carbocycles. The molecule has 2 aromatic rings. The molecule has 6 nitrogen and oxygen atoms in total. The molecule has 0 unspecified atom stereocenters. The molecular formula is C21H26F2N4O2. The Morgan fingerprint density at radius 1 is 1.24 bits per heavy atom. The van der Waals surface area contributed by atoms with Crippen LogP contribution in [-0.2, 0) is 18.4 Å². The maximum absolute atomic E-state index is 13.9. The summed E-state index contributed by atoms with van der Waals surface area (Å²) in [5.74, 6) is -1.72. The lowest BCUT2D eigenvalue weighted by Gasteiger charge is -2.28. The van der Waals surface area contributed by atoms with E-state index in [0.29, 0.717) is 25.6 Å². The van der Waals surface area contributed by atoms with Crippen molar-refractivity contribution in [3.8, 4) is 0 Å². The van der Waals surface area contributed by atoms with Crippen LogP contribution in [0.3, 0.4) is 0 Å². The molecular weight excluding hydrogens is 378 g/mol. The minimum atomic E-state index is -0.857. The Hall–Kier alpha value is -2.90. The molecule has 1 heterocycles. The average molecular weight is 404 g/mol. The number of benzene rings is 1. The van der Waals surface area contributed by atoms with E-state index in [1.807, 2.05) is 41.8 Å². The Morgan fingerprint density at radius 3 is 2.59 bits per heavy atom. The summed E-state index contributed by atoms with van der Waals surface area (Å²) in [5.41, 5.74) is 0.901. The monoisotopic (exact) mass is 404 g/mol. The second-order valence-corrected chi connectivity index (χ2v) is 7.34. The van der Waals surface area contributed by atoms with Crippen LogP contribution in [0.4, 0.5) is 19.3 Å². The van der Waals surface area contributed by atoms with Gasteiger partial charge in [-0.3, -0.25) is 4.79 Å². The summed E-state index contributed by atoms with van der Waals surface area (Å²) in [6.07, 6.45) is 4.49. The summed E-state index contributed by atoms with van der Waals surface area (Å²) in [7, 11) is 1.93. The van der Waals surface area contributed by atoms with Crippen LogP contribution in [0.15, 0.2) is 36.5 Å². The van der Waals surface area contributed by atoms with E-state index in [9.17, 15) is 18.4 Å². The van der Waals surface area contributed by atoms with Crippen molar-refractivity contribution >= 4 is 17.6 Å². The Morgan fingerprint density at radius 2 is 2.00 bits per heavy atom. The third kappa shape index (κ3) is 5.34. The van der Waals surface area contributed by atoms with Gasteiger partial charge < -0.3 is 19.7 Å². The molecule has 0 bridgehead atoms. The van der Waals surface area contributed by atoms with Crippen LogP contribution in [0.1, 0.15) is 31.9 Å². The van der Waals surface area contributed by atoms with E-state index in [4.69, 9.17) is 0 Å². The normalized spacial score (nSPS) is 13.2. The molecule has 156 valence electrons. The molecule has 1 N–H and O–H groups in total. The van der Waals surface area contributed by atoms with Gasteiger partial charge in [-0.15, -0.1) is 0 Å². The minimum absolute atomic E-state index is 0.0938. The van der Waals surface area contributed by atoms with Crippen molar-refractivity contribution in [2.24, 2.45) is 7.05 Å².